The van der Waals surface area contributed by atoms with E-state index in [0.717, 1.165) is 5.56 Å². The zero-order valence-corrected chi connectivity index (χ0v) is 18.3. The number of phenolic OH excluding ortho intramolecular Hbond substituents is 1. The number of ketones is 1. The number of nitrogens with one attached hydrogen (secondary N) is 1. The first-order valence-corrected chi connectivity index (χ1v) is 10.6. The molecule has 1 aromatic heterocycles. The number of nitrogens with zero attached hydrogens (tertiary/aromatic N) is 1. The van der Waals surface area contributed by atoms with Crippen LogP contribution in [0.2, 0.25) is 0 Å². The summed E-state index contributed by atoms with van der Waals surface area (Å²) in [6.45, 7) is 3.95. The van der Waals surface area contributed by atoms with Crippen LogP contribution >= 0.6 is 0 Å². The largest absolute Gasteiger partial charge is 0.872 e. The molecule has 1 amide bonds. The Balaban J connectivity index is 1.79. The summed E-state index contributed by atoms with van der Waals surface area (Å²) in [6.07, 6.45) is 3.46. The second-order valence-electron chi connectivity index (χ2n) is 8.10. The van der Waals surface area contributed by atoms with Gasteiger partial charge < -0.3 is 19.8 Å². The molecule has 1 aliphatic rings. The van der Waals surface area contributed by atoms with Crippen molar-refractivity contribution in [1.29, 1.82) is 0 Å². The molecule has 0 spiro atoms. The van der Waals surface area contributed by atoms with Gasteiger partial charge in [-0.2, -0.15) is 0 Å². The van der Waals surface area contributed by atoms with E-state index in [9.17, 15) is 19.8 Å². The van der Waals surface area contributed by atoms with E-state index >= 15 is 0 Å². The van der Waals surface area contributed by atoms with E-state index in [0.29, 0.717) is 16.9 Å². The minimum Gasteiger partial charge on any atom is -0.872 e. The number of H-pyrrole nitrogens is 1. The van der Waals surface area contributed by atoms with Gasteiger partial charge in [-0.15, -0.1) is 0 Å². The van der Waals surface area contributed by atoms with Gasteiger partial charge in [0.05, 0.1) is 18.7 Å². The summed E-state index contributed by atoms with van der Waals surface area (Å²) >= 11 is 0. The number of benzene rings is 2. The van der Waals surface area contributed by atoms with E-state index in [2.05, 4.69) is 4.98 Å². The van der Waals surface area contributed by atoms with Crippen molar-refractivity contribution in [3.05, 3.63) is 95.3 Å². The average Bonchev–Trinajstić information content (AvgIpc) is 3.05. The summed E-state index contributed by atoms with van der Waals surface area (Å²) < 4.78 is 5.62. The fraction of sp³-hybridized carbons (Fsp3) is 0.192. The molecule has 0 aliphatic carbocycles. The molecule has 2 N–H and O–H groups in total. The lowest BCUT2D eigenvalue weighted by molar-refractivity contribution is -0.378. The van der Waals surface area contributed by atoms with Crippen LogP contribution in [0.4, 0.5) is 0 Å². The van der Waals surface area contributed by atoms with Gasteiger partial charge in [0.15, 0.2) is 12.4 Å². The molecule has 7 nitrogen and oxygen atoms in total. The molecule has 1 fully saturated rings. The van der Waals surface area contributed by atoms with Crippen molar-refractivity contribution in [3.8, 4) is 11.5 Å². The molecule has 1 aliphatic heterocycles. The van der Waals surface area contributed by atoms with Crippen molar-refractivity contribution in [2.75, 3.05) is 0 Å². The molecule has 2 heterocycles. The number of carbonyl (C=O) groups excluding carboxylic acids is 2. The molecule has 7 heteroatoms. The van der Waals surface area contributed by atoms with Gasteiger partial charge in [-0.25, -0.2) is 4.98 Å². The number of pyridine rings is 1. The van der Waals surface area contributed by atoms with Crippen molar-refractivity contribution < 1.29 is 29.5 Å². The molecule has 3 aromatic rings. The molecule has 0 saturated carbocycles. The first-order chi connectivity index (χ1) is 15.8. The van der Waals surface area contributed by atoms with E-state index in [1.165, 1.54) is 17.0 Å². The van der Waals surface area contributed by atoms with E-state index in [1.54, 1.807) is 54.9 Å². The Kier molecular flexibility index (Phi) is 6.13. The molecule has 1 unspecified atom stereocenters. The Labute approximate surface area is 191 Å². The SMILES string of the molecule is CC(C)Oc1ccc(/C([O-])=C2\C(=O)C(=O)N(Cc3ccc[nH+]c3)C2c2ccc(O)cc2)cc1. The fourth-order valence-electron chi connectivity index (χ4n) is 3.87. The van der Waals surface area contributed by atoms with Crippen LogP contribution in [0.15, 0.2) is 78.6 Å². The van der Waals surface area contributed by atoms with Gasteiger partial charge in [0.1, 0.15) is 11.5 Å². The molecule has 0 radical (unpaired) electrons. The Morgan fingerprint density at radius 1 is 1.09 bits per heavy atom. The summed E-state index contributed by atoms with van der Waals surface area (Å²) in [5, 5.41) is 23.2. The van der Waals surface area contributed by atoms with E-state index < -0.39 is 23.5 Å². The molecule has 0 bridgehead atoms. The van der Waals surface area contributed by atoms with Crippen LogP contribution in [0.1, 0.15) is 36.6 Å². The minimum absolute atomic E-state index is 0.0161. The molecular formula is C26H24N2O5. The molecule has 1 saturated heterocycles. The highest BCUT2D eigenvalue weighted by Gasteiger charge is 2.44. The molecule has 168 valence electrons. The van der Waals surface area contributed by atoms with E-state index in [-0.39, 0.29) is 24.0 Å². The minimum atomic E-state index is -0.870. The van der Waals surface area contributed by atoms with Crippen LogP contribution in [0.25, 0.3) is 5.76 Å². The maximum absolute atomic E-state index is 13.5. The van der Waals surface area contributed by atoms with Crippen LogP contribution in [-0.4, -0.2) is 27.8 Å². The Morgan fingerprint density at radius 2 is 1.79 bits per heavy atom. The molecule has 33 heavy (non-hydrogen) atoms. The number of phenols is 1. The highest BCUT2D eigenvalue weighted by Crippen LogP contribution is 2.40. The lowest BCUT2D eigenvalue weighted by Gasteiger charge is -2.27. The fourth-order valence-corrected chi connectivity index (χ4v) is 3.87. The van der Waals surface area contributed by atoms with Crippen molar-refractivity contribution in [2.45, 2.75) is 32.5 Å². The van der Waals surface area contributed by atoms with Crippen molar-refractivity contribution in [1.82, 2.24) is 4.90 Å². The zero-order chi connectivity index (χ0) is 23.5. The van der Waals surface area contributed by atoms with Crippen molar-refractivity contribution >= 4 is 17.4 Å². The number of likely N-dealkylation sites (tertiary alicyclic amines) is 1. The summed E-state index contributed by atoms with van der Waals surface area (Å²) in [5.74, 6) is -1.41. The monoisotopic (exact) mass is 444 g/mol. The predicted molar refractivity (Wildman–Crippen MR) is 119 cm³/mol. The van der Waals surface area contributed by atoms with E-state index in [4.69, 9.17) is 4.74 Å². The molecule has 2 aromatic carbocycles. The van der Waals surface area contributed by atoms with Gasteiger partial charge in [0.2, 0.25) is 5.78 Å². The highest BCUT2D eigenvalue weighted by atomic mass is 16.5. The lowest BCUT2D eigenvalue weighted by Crippen LogP contribution is -2.29. The van der Waals surface area contributed by atoms with Crippen LogP contribution < -0.4 is 14.8 Å². The van der Waals surface area contributed by atoms with Gasteiger partial charge in [-0.05, 0) is 55.3 Å². The number of hydrogen-bond acceptors (Lipinski definition) is 5. The first-order valence-electron chi connectivity index (χ1n) is 10.6. The van der Waals surface area contributed by atoms with Gasteiger partial charge in [-0.3, -0.25) is 9.59 Å². The maximum Gasteiger partial charge on any atom is 0.295 e. The lowest BCUT2D eigenvalue weighted by atomic mass is 9.95. The number of amides is 1. The average molecular weight is 444 g/mol. The number of Topliss-reactive ketones (excluding diaryl/α,β-unsaturated/α-hetero) is 1. The third kappa shape index (κ3) is 4.57. The van der Waals surface area contributed by atoms with Gasteiger partial charge in [-0.1, -0.05) is 30.0 Å². The first kappa shape index (κ1) is 22.1. The number of aromatic hydroxyl groups is 1. The Hall–Kier alpha value is -4.13. The number of aromatic nitrogens is 1. The summed E-state index contributed by atoms with van der Waals surface area (Å²) in [4.78, 5) is 30.4. The number of rotatable bonds is 6. The van der Waals surface area contributed by atoms with Crippen LogP contribution in [0.3, 0.4) is 0 Å². The standard InChI is InChI=1S/C26H24N2O5/c1-16(2)33-21-11-7-19(8-12-21)24(30)22-23(18-5-9-20(29)10-6-18)28(26(32)25(22)31)15-17-4-3-13-27-14-17/h3-14,16,23,29-30H,15H2,1-2H3/b24-22+. The quantitative estimate of drug-likeness (QED) is 0.357. The predicted octanol–water partition coefficient (Wildman–Crippen LogP) is 2.42. The molecular weight excluding hydrogens is 420 g/mol. The van der Waals surface area contributed by atoms with Crippen LogP contribution in [0.5, 0.6) is 11.5 Å². The third-order valence-electron chi connectivity index (χ3n) is 5.35. The zero-order valence-electron chi connectivity index (χ0n) is 18.3. The second-order valence-corrected chi connectivity index (χ2v) is 8.10. The summed E-state index contributed by atoms with van der Waals surface area (Å²) in [7, 11) is 0. The highest BCUT2D eigenvalue weighted by molar-refractivity contribution is 6.46. The topological polar surface area (TPSA) is 104 Å². The summed E-state index contributed by atoms with van der Waals surface area (Å²) in [5.41, 5.74) is 1.53. The van der Waals surface area contributed by atoms with Crippen molar-refractivity contribution in [2.24, 2.45) is 0 Å². The van der Waals surface area contributed by atoms with Gasteiger partial charge >= 0.3 is 0 Å². The number of ether oxygens (including phenoxy) is 1. The maximum atomic E-state index is 13.5. The van der Waals surface area contributed by atoms with Gasteiger partial charge in [0.25, 0.3) is 5.91 Å². The van der Waals surface area contributed by atoms with Gasteiger partial charge in [0, 0.05) is 17.2 Å². The molecule has 4 rings (SSSR count). The molecule has 1 atom stereocenters. The van der Waals surface area contributed by atoms with Crippen LogP contribution in [0, 0.1) is 0 Å². The Morgan fingerprint density at radius 3 is 2.39 bits per heavy atom. The van der Waals surface area contributed by atoms with E-state index in [1.807, 2.05) is 19.9 Å². The third-order valence-corrected chi connectivity index (χ3v) is 5.35. The smallest absolute Gasteiger partial charge is 0.295 e. The van der Waals surface area contributed by atoms with Crippen LogP contribution in [-0.2, 0) is 16.1 Å². The second kappa shape index (κ2) is 9.16. The summed E-state index contributed by atoms with van der Waals surface area (Å²) in [6, 6.07) is 15.4. The number of carbonyl (C=O) groups is 2. The number of hydrogen-bond donors (Lipinski definition) is 1. The Bertz CT molecular complexity index is 1190. The number of aromatic amines is 1. The van der Waals surface area contributed by atoms with Crippen molar-refractivity contribution in [3.63, 3.8) is 0 Å². The normalized spacial score (nSPS) is 17.5.